The fourth-order valence-corrected chi connectivity index (χ4v) is 4.77. The molecule has 198 valence electrons. The minimum absolute atomic E-state index is 0.0547. The van der Waals surface area contributed by atoms with Gasteiger partial charge in [-0.1, -0.05) is 49.2 Å². The van der Waals surface area contributed by atoms with Gasteiger partial charge in [-0.3, -0.25) is 9.69 Å². The molecule has 0 spiro atoms. The number of rotatable bonds is 12. The van der Waals surface area contributed by atoms with Gasteiger partial charge in [0.25, 0.3) is 0 Å². The number of carbonyl (C=O) groups excluding carboxylic acids is 1. The first-order chi connectivity index (χ1) is 17.2. The highest BCUT2D eigenvalue weighted by molar-refractivity contribution is 6.37. The summed E-state index contributed by atoms with van der Waals surface area (Å²) >= 11 is 18.9. The largest absolute Gasteiger partial charge is 0.494 e. The fourth-order valence-electron chi connectivity index (χ4n) is 4.02. The number of hydrogen-bond acceptors (Lipinski definition) is 6. The Bertz CT molecular complexity index is 970. The number of carbonyl (C=O) groups is 1. The summed E-state index contributed by atoms with van der Waals surface area (Å²) in [5, 5.41) is 0.754. The maximum Gasteiger partial charge on any atom is 0.303 e. The molecule has 3 rings (SSSR count). The number of alkyl halides is 1. The zero-order valence-corrected chi connectivity index (χ0v) is 23.3. The quantitative estimate of drug-likeness (QED) is 0.182. The van der Waals surface area contributed by atoms with Crippen LogP contribution >= 0.6 is 34.8 Å². The second-order valence-corrected chi connectivity index (χ2v) is 10.4. The summed E-state index contributed by atoms with van der Waals surface area (Å²) < 4.78 is 22.2. The average Bonchev–Trinajstić information content (AvgIpc) is 2.86. The maximum absolute atomic E-state index is 11.2. The second kappa shape index (κ2) is 13.7. The van der Waals surface area contributed by atoms with E-state index in [4.69, 9.17) is 53.8 Å². The summed E-state index contributed by atoms with van der Waals surface area (Å²) in [5.74, 6) is 0.856. The van der Waals surface area contributed by atoms with E-state index in [1.807, 2.05) is 24.3 Å². The Hall–Kier alpha value is -1.70. The molecule has 1 atom stereocenters. The van der Waals surface area contributed by atoms with Crippen molar-refractivity contribution in [3.05, 3.63) is 57.6 Å². The molecule has 2 aromatic rings. The first kappa shape index (κ1) is 28.9. The molecule has 1 saturated heterocycles. The third kappa shape index (κ3) is 8.15. The lowest BCUT2D eigenvalue weighted by molar-refractivity contribution is -0.146. The molecule has 9 heteroatoms. The summed E-state index contributed by atoms with van der Waals surface area (Å²) in [6.07, 6.45) is 0.387. The van der Waals surface area contributed by atoms with Crippen LogP contribution in [0.25, 0.3) is 0 Å². The second-order valence-electron chi connectivity index (χ2n) is 9.27. The van der Waals surface area contributed by atoms with Crippen molar-refractivity contribution in [2.24, 2.45) is 0 Å². The number of hydrogen-bond donors (Lipinski definition) is 0. The zero-order chi connectivity index (χ0) is 26.1. The van der Waals surface area contributed by atoms with Crippen LogP contribution in [0.3, 0.4) is 0 Å². The van der Waals surface area contributed by atoms with E-state index in [1.165, 1.54) is 6.92 Å². The van der Waals surface area contributed by atoms with Crippen LogP contribution in [0.5, 0.6) is 11.5 Å². The van der Waals surface area contributed by atoms with Crippen molar-refractivity contribution in [3.8, 4) is 11.5 Å². The third-order valence-corrected chi connectivity index (χ3v) is 7.11. The van der Waals surface area contributed by atoms with E-state index >= 15 is 0 Å². The molecule has 1 heterocycles. The van der Waals surface area contributed by atoms with Crippen molar-refractivity contribution < 1.29 is 23.7 Å². The Labute approximate surface area is 228 Å². The van der Waals surface area contributed by atoms with Gasteiger partial charge in [0, 0.05) is 32.0 Å². The SMILES string of the molecule is CC(=O)O[C@@H](CCl)COc1c(Cl)cc(C(C)(C)c2ccc(OCCCN3CCOCC3)cc2)cc1Cl. The molecule has 6 nitrogen and oxygen atoms in total. The lowest BCUT2D eigenvalue weighted by atomic mass is 9.78. The molecule has 0 bridgehead atoms. The summed E-state index contributed by atoms with van der Waals surface area (Å²) in [5.41, 5.74) is 1.68. The normalized spacial score (nSPS) is 15.4. The van der Waals surface area contributed by atoms with Crippen LogP contribution in [-0.2, 0) is 19.7 Å². The van der Waals surface area contributed by atoms with Gasteiger partial charge in [0.15, 0.2) is 5.75 Å². The van der Waals surface area contributed by atoms with Crippen LogP contribution in [0.4, 0.5) is 0 Å². The smallest absolute Gasteiger partial charge is 0.303 e. The maximum atomic E-state index is 11.2. The van der Waals surface area contributed by atoms with Crippen LogP contribution in [0.2, 0.25) is 10.0 Å². The van der Waals surface area contributed by atoms with Gasteiger partial charge in [0.2, 0.25) is 0 Å². The minimum atomic E-state index is -0.590. The van der Waals surface area contributed by atoms with E-state index in [9.17, 15) is 4.79 Å². The fraction of sp³-hybridized carbons (Fsp3) is 0.519. The Balaban J connectivity index is 1.60. The van der Waals surface area contributed by atoms with Crippen molar-refractivity contribution in [1.29, 1.82) is 0 Å². The molecule has 0 saturated carbocycles. The molecular formula is C27H34Cl3NO5. The number of halogens is 3. The summed E-state index contributed by atoms with van der Waals surface area (Å²) in [6, 6.07) is 11.8. The molecule has 1 fully saturated rings. The standard InChI is InChI=1S/C27H34Cl3NO5/c1-19(32)36-23(17-28)18-35-26-24(29)15-21(16-25(26)30)27(2,3)20-5-7-22(8-6-20)34-12-4-9-31-10-13-33-14-11-31/h5-8,15-16,23H,4,9-14,17-18H2,1-3H3/t23-/m0/s1. The summed E-state index contributed by atoms with van der Waals surface area (Å²) in [4.78, 5) is 13.6. The number of esters is 1. The van der Waals surface area contributed by atoms with Crippen LogP contribution in [0.15, 0.2) is 36.4 Å². The number of nitrogens with zero attached hydrogens (tertiary/aromatic N) is 1. The van der Waals surface area contributed by atoms with Crippen LogP contribution in [0, 0.1) is 0 Å². The third-order valence-electron chi connectivity index (χ3n) is 6.21. The van der Waals surface area contributed by atoms with Crippen molar-refractivity contribution in [1.82, 2.24) is 4.90 Å². The molecule has 1 aliphatic heterocycles. The van der Waals surface area contributed by atoms with Gasteiger partial charge in [-0.05, 0) is 41.8 Å². The van der Waals surface area contributed by atoms with Gasteiger partial charge in [0.05, 0.1) is 35.7 Å². The predicted octanol–water partition coefficient (Wildman–Crippen LogP) is 5.97. The molecule has 0 N–H and O–H groups in total. The van der Waals surface area contributed by atoms with Gasteiger partial charge in [0.1, 0.15) is 18.5 Å². The lowest BCUT2D eigenvalue weighted by Gasteiger charge is -2.28. The predicted molar refractivity (Wildman–Crippen MR) is 144 cm³/mol. The van der Waals surface area contributed by atoms with E-state index in [0.29, 0.717) is 22.4 Å². The topological polar surface area (TPSA) is 57.2 Å². The molecule has 0 aliphatic carbocycles. The highest BCUT2D eigenvalue weighted by atomic mass is 35.5. The van der Waals surface area contributed by atoms with Crippen molar-refractivity contribution in [3.63, 3.8) is 0 Å². The molecule has 36 heavy (non-hydrogen) atoms. The van der Waals surface area contributed by atoms with E-state index in [2.05, 4.69) is 30.9 Å². The molecule has 0 amide bonds. The van der Waals surface area contributed by atoms with Crippen LogP contribution in [0.1, 0.15) is 38.3 Å². The van der Waals surface area contributed by atoms with Gasteiger partial charge >= 0.3 is 5.97 Å². The number of morpholine rings is 1. The summed E-state index contributed by atoms with van der Waals surface area (Å²) in [6.45, 7) is 10.9. The molecule has 2 aromatic carbocycles. The highest BCUT2D eigenvalue weighted by Crippen LogP contribution is 2.40. The Morgan fingerprint density at radius 3 is 2.28 bits per heavy atom. The van der Waals surface area contributed by atoms with Gasteiger partial charge in [-0.25, -0.2) is 0 Å². The Morgan fingerprint density at radius 1 is 1.06 bits per heavy atom. The molecule has 0 unspecified atom stereocenters. The van der Waals surface area contributed by atoms with E-state index in [0.717, 1.165) is 56.1 Å². The van der Waals surface area contributed by atoms with Crippen LogP contribution < -0.4 is 9.47 Å². The molecule has 0 radical (unpaired) electrons. The molecule has 1 aliphatic rings. The van der Waals surface area contributed by atoms with Crippen molar-refractivity contribution in [2.45, 2.75) is 38.7 Å². The first-order valence-electron chi connectivity index (χ1n) is 12.1. The molecular weight excluding hydrogens is 525 g/mol. The van der Waals surface area contributed by atoms with Crippen molar-refractivity contribution in [2.75, 3.05) is 51.9 Å². The number of benzene rings is 2. The average molecular weight is 559 g/mol. The monoisotopic (exact) mass is 557 g/mol. The lowest BCUT2D eigenvalue weighted by Crippen LogP contribution is -2.37. The first-order valence-corrected chi connectivity index (χ1v) is 13.4. The molecule has 0 aromatic heterocycles. The van der Waals surface area contributed by atoms with E-state index in [-0.39, 0.29) is 17.9 Å². The highest BCUT2D eigenvalue weighted by Gasteiger charge is 2.26. The Kier molecular flexibility index (Phi) is 11.0. The van der Waals surface area contributed by atoms with Gasteiger partial charge in [-0.2, -0.15) is 0 Å². The Morgan fingerprint density at radius 2 is 1.69 bits per heavy atom. The van der Waals surface area contributed by atoms with E-state index in [1.54, 1.807) is 0 Å². The van der Waals surface area contributed by atoms with Gasteiger partial charge in [-0.15, -0.1) is 11.6 Å². The van der Waals surface area contributed by atoms with Crippen LogP contribution in [-0.4, -0.2) is 68.9 Å². The minimum Gasteiger partial charge on any atom is -0.494 e. The number of ether oxygens (including phenoxy) is 4. The summed E-state index contributed by atoms with van der Waals surface area (Å²) in [7, 11) is 0. The van der Waals surface area contributed by atoms with Gasteiger partial charge < -0.3 is 18.9 Å². The zero-order valence-electron chi connectivity index (χ0n) is 21.0. The van der Waals surface area contributed by atoms with E-state index < -0.39 is 12.1 Å². The van der Waals surface area contributed by atoms with Crippen molar-refractivity contribution >= 4 is 40.8 Å².